The number of nitrogens with zero attached hydrogens (tertiary/aromatic N) is 2. The highest BCUT2D eigenvalue weighted by atomic mass is 15.1. The van der Waals surface area contributed by atoms with Crippen LogP contribution < -0.4 is 0 Å². The minimum atomic E-state index is 0.493. The lowest BCUT2D eigenvalue weighted by Crippen LogP contribution is -2.04. The quantitative estimate of drug-likeness (QED) is 0.604. The Morgan fingerprint density at radius 3 is 3.00 bits per heavy atom. The molecule has 0 aliphatic carbocycles. The molecular formula is C9H14N2. The Bertz CT molecular complexity index is 235. The van der Waals surface area contributed by atoms with Gasteiger partial charge in [0.25, 0.3) is 0 Å². The molecule has 0 aliphatic heterocycles. The van der Waals surface area contributed by atoms with Crippen molar-refractivity contribution in [3.8, 4) is 0 Å². The topological polar surface area (TPSA) is 17.8 Å². The van der Waals surface area contributed by atoms with Crippen LogP contribution in [0.5, 0.6) is 0 Å². The van der Waals surface area contributed by atoms with E-state index in [9.17, 15) is 0 Å². The summed E-state index contributed by atoms with van der Waals surface area (Å²) in [7, 11) is 0. The molecule has 0 unspecified atom stereocenters. The first-order valence-electron chi connectivity index (χ1n) is 3.88. The van der Waals surface area contributed by atoms with E-state index in [1.165, 1.54) is 0 Å². The van der Waals surface area contributed by atoms with Crippen LogP contribution in [0.3, 0.4) is 0 Å². The van der Waals surface area contributed by atoms with Gasteiger partial charge < -0.3 is 4.57 Å². The van der Waals surface area contributed by atoms with E-state index in [1.54, 1.807) is 0 Å². The summed E-state index contributed by atoms with van der Waals surface area (Å²) < 4.78 is 2.15. The summed E-state index contributed by atoms with van der Waals surface area (Å²) in [6.45, 7) is 7.98. The maximum Gasteiger partial charge on any atom is 0.112 e. The molecule has 2 heteroatoms. The molecule has 0 N–H and O–H groups in total. The maximum atomic E-state index is 4.22. The van der Waals surface area contributed by atoms with E-state index in [-0.39, 0.29) is 0 Å². The van der Waals surface area contributed by atoms with Crippen molar-refractivity contribution < 1.29 is 0 Å². The minimum Gasteiger partial charge on any atom is -0.332 e. The van der Waals surface area contributed by atoms with Crippen LogP contribution in [0.2, 0.25) is 0 Å². The molecule has 1 aromatic heterocycles. The van der Waals surface area contributed by atoms with Crippen LogP contribution in [0.4, 0.5) is 0 Å². The highest BCUT2D eigenvalue weighted by Crippen LogP contribution is 2.08. The third-order valence-electron chi connectivity index (χ3n) is 1.63. The maximum absolute atomic E-state index is 4.22. The second-order valence-corrected chi connectivity index (χ2v) is 2.84. The average molecular weight is 150 g/mol. The summed E-state index contributed by atoms with van der Waals surface area (Å²) in [5.41, 5.74) is 0. The van der Waals surface area contributed by atoms with Crippen molar-refractivity contribution in [1.29, 1.82) is 0 Å². The largest absolute Gasteiger partial charge is 0.332 e. The Balaban J connectivity index is 2.86. The van der Waals surface area contributed by atoms with Gasteiger partial charge in [0.15, 0.2) is 0 Å². The Kier molecular flexibility index (Phi) is 2.47. The van der Waals surface area contributed by atoms with E-state index in [4.69, 9.17) is 0 Å². The zero-order valence-corrected chi connectivity index (χ0v) is 7.12. The van der Waals surface area contributed by atoms with Crippen molar-refractivity contribution in [2.45, 2.75) is 26.3 Å². The fourth-order valence-corrected chi connectivity index (χ4v) is 1.10. The highest BCUT2D eigenvalue weighted by Gasteiger charge is 2.02. The molecule has 1 heterocycles. The molecule has 0 saturated heterocycles. The van der Waals surface area contributed by atoms with Gasteiger partial charge in [0.05, 0.1) is 0 Å². The molecule has 0 aliphatic rings. The van der Waals surface area contributed by atoms with Crippen molar-refractivity contribution in [2.24, 2.45) is 0 Å². The molecule has 0 bridgehead atoms. The van der Waals surface area contributed by atoms with Crippen LogP contribution >= 0.6 is 0 Å². The van der Waals surface area contributed by atoms with Gasteiger partial charge in [0, 0.05) is 24.9 Å². The fraction of sp³-hybridized carbons (Fsp3) is 0.444. The van der Waals surface area contributed by atoms with E-state index in [1.807, 2.05) is 18.5 Å². The lowest BCUT2D eigenvalue weighted by molar-refractivity contribution is 0.576. The van der Waals surface area contributed by atoms with Crippen LogP contribution in [-0.4, -0.2) is 9.55 Å². The number of hydrogen-bond acceptors (Lipinski definition) is 1. The smallest absolute Gasteiger partial charge is 0.112 e. The summed E-state index contributed by atoms with van der Waals surface area (Å²) >= 11 is 0. The zero-order valence-electron chi connectivity index (χ0n) is 7.12. The van der Waals surface area contributed by atoms with Crippen LogP contribution in [0.25, 0.3) is 0 Å². The lowest BCUT2D eigenvalue weighted by atomic mass is 10.3. The predicted molar refractivity (Wildman–Crippen MR) is 46.5 cm³/mol. The van der Waals surface area contributed by atoms with Crippen LogP contribution in [0.15, 0.2) is 25.0 Å². The van der Waals surface area contributed by atoms with Crippen molar-refractivity contribution in [3.63, 3.8) is 0 Å². The highest BCUT2D eigenvalue weighted by molar-refractivity contribution is 4.98. The molecular weight excluding hydrogens is 136 g/mol. The Morgan fingerprint density at radius 2 is 2.45 bits per heavy atom. The first kappa shape index (κ1) is 8.05. The number of rotatable bonds is 3. The first-order chi connectivity index (χ1) is 5.25. The summed E-state index contributed by atoms with van der Waals surface area (Å²) in [5.74, 6) is 1.09. The Morgan fingerprint density at radius 1 is 1.73 bits per heavy atom. The van der Waals surface area contributed by atoms with E-state index in [2.05, 4.69) is 30.0 Å². The van der Waals surface area contributed by atoms with Crippen LogP contribution in [0, 0.1) is 0 Å². The fourth-order valence-electron chi connectivity index (χ4n) is 1.10. The molecule has 60 valence electrons. The van der Waals surface area contributed by atoms with E-state index in [0.717, 1.165) is 12.2 Å². The van der Waals surface area contributed by atoms with E-state index >= 15 is 0 Å². The Labute approximate surface area is 67.6 Å². The zero-order chi connectivity index (χ0) is 8.27. The van der Waals surface area contributed by atoms with Gasteiger partial charge in [0.2, 0.25) is 0 Å². The molecule has 0 aromatic carbocycles. The molecule has 0 saturated carbocycles. The molecule has 0 spiro atoms. The van der Waals surface area contributed by atoms with Gasteiger partial charge >= 0.3 is 0 Å². The molecule has 1 rings (SSSR count). The molecule has 11 heavy (non-hydrogen) atoms. The molecule has 0 fully saturated rings. The number of hydrogen-bond donors (Lipinski definition) is 0. The second-order valence-electron chi connectivity index (χ2n) is 2.84. The van der Waals surface area contributed by atoms with Crippen LogP contribution in [-0.2, 0) is 6.42 Å². The van der Waals surface area contributed by atoms with Crippen molar-refractivity contribution >= 4 is 0 Å². The summed E-state index contributed by atoms with van der Waals surface area (Å²) in [6, 6.07) is 0.493. The van der Waals surface area contributed by atoms with Gasteiger partial charge in [-0.05, 0) is 13.8 Å². The third-order valence-corrected chi connectivity index (χ3v) is 1.63. The molecule has 0 atom stereocenters. The monoisotopic (exact) mass is 150 g/mol. The molecule has 0 amide bonds. The molecule has 2 nitrogen and oxygen atoms in total. The first-order valence-corrected chi connectivity index (χ1v) is 3.88. The number of allylic oxidation sites excluding steroid dienone is 1. The predicted octanol–water partition coefficient (Wildman–Crippen LogP) is 2.19. The summed E-state index contributed by atoms with van der Waals surface area (Å²) in [5, 5.41) is 0. The van der Waals surface area contributed by atoms with Gasteiger partial charge in [0.1, 0.15) is 5.82 Å². The number of imidazole rings is 1. The second kappa shape index (κ2) is 3.37. The normalized spacial score (nSPS) is 10.5. The van der Waals surface area contributed by atoms with Gasteiger partial charge in [-0.3, -0.25) is 0 Å². The summed E-state index contributed by atoms with van der Waals surface area (Å²) in [4.78, 5) is 4.22. The SMILES string of the molecule is C=CCc1nccn1C(C)C. The van der Waals surface area contributed by atoms with Crippen molar-refractivity contribution in [3.05, 3.63) is 30.9 Å². The average Bonchev–Trinajstić information content (AvgIpc) is 2.36. The van der Waals surface area contributed by atoms with Crippen molar-refractivity contribution in [1.82, 2.24) is 9.55 Å². The number of aromatic nitrogens is 2. The molecule has 1 aromatic rings. The van der Waals surface area contributed by atoms with E-state index in [0.29, 0.717) is 6.04 Å². The summed E-state index contributed by atoms with van der Waals surface area (Å²) in [6.07, 6.45) is 6.56. The van der Waals surface area contributed by atoms with E-state index < -0.39 is 0 Å². The van der Waals surface area contributed by atoms with Gasteiger partial charge in [-0.1, -0.05) is 6.08 Å². The van der Waals surface area contributed by atoms with Gasteiger partial charge in [-0.15, -0.1) is 6.58 Å². The van der Waals surface area contributed by atoms with Crippen LogP contribution in [0.1, 0.15) is 25.7 Å². The standard InChI is InChI=1S/C9H14N2/c1-4-5-9-10-6-7-11(9)8(2)3/h4,6-8H,1,5H2,2-3H3. The van der Waals surface area contributed by atoms with Gasteiger partial charge in [-0.25, -0.2) is 4.98 Å². The van der Waals surface area contributed by atoms with Crippen molar-refractivity contribution in [2.75, 3.05) is 0 Å². The Hall–Kier alpha value is -1.05. The lowest BCUT2D eigenvalue weighted by Gasteiger charge is -2.09. The minimum absolute atomic E-state index is 0.493. The van der Waals surface area contributed by atoms with Gasteiger partial charge in [-0.2, -0.15) is 0 Å². The molecule has 0 radical (unpaired) electrons. The third kappa shape index (κ3) is 1.70.